The van der Waals surface area contributed by atoms with Gasteiger partial charge in [0.05, 0.1) is 6.04 Å². The lowest BCUT2D eigenvalue weighted by Crippen LogP contribution is -2.36. The monoisotopic (exact) mass is 355 g/mol. The van der Waals surface area contributed by atoms with Gasteiger partial charge in [0.25, 0.3) is 5.91 Å². The number of carbonyl (C=O) groups excluding carboxylic acids is 1. The van der Waals surface area contributed by atoms with Crippen LogP contribution in [0.5, 0.6) is 5.75 Å². The summed E-state index contributed by atoms with van der Waals surface area (Å²) in [5.41, 5.74) is 3.48. The highest BCUT2D eigenvalue weighted by molar-refractivity contribution is 5.77. The number of hydrogen-bond donors (Lipinski definition) is 1. The maximum atomic E-state index is 12.1. The van der Waals surface area contributed by atoms with Crippen LogP contribution in [0.3, 0.4) is 0 Å². The zero-order valence-electron chi connectivity index (χ0n) is 16.3. The van der Waals surface area contributed by atoms with Crippen molar-refractivity contribution in [3.63, 3.8) is 0 Å². The van der Waals surface area contributed by atoms with Crippen molar-refractivity contribution in [2.24, 2.45) is 0 Å². The summed E-state index contributed by atoms with van der Waals surface area (Å²) in [7, 11) is 8.07. The van der Waals surface area contributed by atoms with Gasteiger partial charge in [0.2, 0.25) is 0 Å². The summed E-state index contributed by atoms with van der Waals surface area (Å²) in [4.78, 5) is 16.3. The standard InChI is InChI=1S/C21H29N3O2/c1-16-6-12-19(13-7-16)26-15-21(25)22-14-20(24(4)5)17-8-10-18(11-9-17)23(2)3/h6-13,20H,14-15H2,1-5H3,(H,22,25)/t20-/m1/s1. The third-order valence-corrected chi connectivity index (χ3v) is 4.30. The van der Waals surface area contributed by atoms with Gasteiger partial charge in [-0.25, -0.2) is 0 Å². The quantitative estimate of drug-likeness (QED) is 0.791. The van der Waals surface area contributed by atoms with Crippen molar-refractivity contribution < 1.29 is 9.53 Å². The maximum Gasteiger partial charge on any atom is 0.258 e. The molecule has 0 aliphatic heterocycles. The second kappa shape index (κ2) is 9.25. The van der Waals surface area contributed by atoms with Gasteiger partial charge in [-0.3, -0.25) is 4.79 Å². The van der Waals surface area contributed by atoms with Gasteiger partial charge in [-0.1, -0.05) is 29.8 Å². The van der Waals surface area contributed by atoms with Crippen LogP contribution in [0.4, 0.5) is 5.69 Å². The summed E-state index contributed by atoms with van der Waals surface area (Å²) in [5, 5.41) is 2.97. The van der Waals surface area contributed by atoms with Crippen molar-refractivity contribution in [1.29, 1.82) is 0 Å². The molecule has 1 amide bonds. The summed E-state index contributed by atoms with van der Waals surface area (Å²) in [5.74, 6) is 0.580. The maximum absolute atomic E-state index is 12.1. The molecule has 0 saturated heterocycles. The molecule has 2 rings (SSSR count). The lowest BCUT2D eigenvalue weighted by Gasteiger charge is -2.25. The van der Waals surface area contributed by atoms with E-state index in [2.05, 4.69) is 39.4 Å². The van der Waals surface area contributed by atoms with Gasteiger partial charge < -0.3 is 19.9 Å². The number of anilines is 1. The zero-order valence-corrected chi connectivity index (χ0v) is 16.3. The van der Waals surface area contributed by atoms with E-state index in [0.29, 0.717) is 12.3 Å². The number of amides is 1. The Balaban J connectivity index is 1.89. The second-order valence-corrected chi connectivity index (χ2v) is 6.87. The first-order chi connectivity index (χ1) is 12.4. The molecule has 0 radical (unpaired) electrons. The number of likely N-dealkylation sites (N-methyl/N-ethyl adjacent to an activating group) is 1. The Bertz CT molecular complexity index is 694. The van der Waals surface area contributed by atoms with Crippen molar-refractivity contribution in [2.75, 3.05) is 46.2 Å². The van der Waals surface area contributed by atoms with Gasteiger partial charge in [-0.15, -0.1) is 0 Å². The van der Waals surface area contributed by atoms with Crippen LogP contribution in [0, 0.1) is 6.92 Å². The Hall–Kier alpha value is -2.53. The number of benzene rings is 2. The van der Waals surface area contributed by atoms with E-state index >= 15 is 0 Å². The number of nitrogens with one attached hydrogen (secondary N) is 1. The van der Waals surface area contributed by atoms with Crippen molar-refractivity contribution in [3.05, 3.63) is 59.7 Å². The van der Waals surface area contributed by atoms with E-state index in [1.807, 2.05) is 59.4 Å². The molecule has 5 heteroatoms. The van der Waals surface area contributed by atoms with Crippen LogP contribution in [0.2, 0.25) is 0 Å². The highest BCUT2D eigenvalue weighted by Gasteiger charge is 2.15. The molecule has 140 valence electrons. The number of hydrogen-bond acceptors (Lipinski definition) is 4. The molecule has 0 aliphatic carbocycles. The molecular formula is C21H29N3O2. The number of ether oxygens (including phenoxy) is 1. The first-order valence-corrected chi connectivity index (χ1v) is 8.76. The van der Waals surface area contributed by atoms with Gasteiger partial charge in [-0.2, -0.15) is 0 Å². The van der Waals surface area contributed by atoms with E-state index < -0.39 is 0 Å². The minimum absolute atomic E-state index is 0.0166. The number of rotatable bonds is 8. The highest BCUT2D eigenvalue weighted by atomic mass is 16.5. The smallest absolute Gasteiger partial charge is 0.258 e. The SMILES string of the molecule is Cc1ccc(OCC(=O)NC[C@H](c2ccc(N(C)C)cc2)N(C)C)cc1. The Labute approximate surface area is 156 Å². The minimum atomic E-state index is -0.123. The van der Waals surface area contributed by atoms with Crippen LogP contribution in [0.1, 0.15) is 17.2 Å². The Morgan fingerprint density at radius 3 is 2.15 bits per heavy atom. The largest absolute Gasteiger partial charge is 0.484 e. The van der Waals surface area contributed by atoms with Gasteiger partial charge in [-0.05, 0) is 50.8 Å². The van der Waals surface area contributed by atoms with E-state index in [0.717, 1.165) is 11.3 Å². The zero-order chi connectivity index (χ0) is 19.1. The van der Waals surface area contributed by atoms with Gasteiger partial charge in [0.1, 0.15) is 5.75 Å². The minimum Gasteiger partial charge on any atom is -0.484 e. The molecule has 2 aromatic rings. The summed E-state index contributed by atoms with van der Waals surface area (Å²) < 4.78 is 5.53. The Kier molecular flexibility index (Phi) is 7.04. The third kappa shape index (κ3) is 5.77. The first kappa shape index (κ1) is 19.8. The first-order valence-electron chi connectivity index (χ1n) is 8.76. The fourth-order valence-corrected chi connectivity index (χ4v) is 2.64. The number of aryl methyl sites for hydroxylation is 1. The van der Waals surface area contributed by atoms with Crippen molar-refractivity contribution in [1.82, 2.24) is 10.2 Å². The Morgan fingerprint density at radius 2 is 1.62 bits per heavy atom. The molecule has 1 atom stereocenters. The van der Waals surface area contributed by atoms with Crippen LogP contribution < -0.4 is 15.0 Å². The molecule has 0 fully saturated rings. The van der Waals surface area contributed by atoms with Gasteiger partial charge >= 0.3 is 0 Å². The van der Waals surface area contributed by atoms with E-state index in [4.69, 9.17) is 4.74 Å². The highest BCUT2D eigenvalue weighted by Crippen LogP contribution is 2.21. The Morgan fingerprint density at radius 1 is 1.00 bits per heavy atom. The molecule has 0 saturated carbocycles. The van der Waals surface area contributed by atoms with Gasteiger partial charge in [0, 0.05) is 26.3 Å². The molecule has 1 N–H and O–H groups in total. The summed E-state index contributed by atoms with van der Waals surface area (Å²) in [6.45, 7) is 2.57. The summed E-state index contributed by atoms with van der Waals surface area (Å²) in [6.07, 6.45) is 0. The topological polar surface area (TPSA) is 44.8 Å². The van der Waals surface area contributed by atoms with Crippen LogP contribution in [0.15, 0.2) is 48.5 Å². The lowest BCUT2D eigenvalue weighted by molar-refractivity contribution is -0.123. The van der Waals surface area contributed by atoms with Crippen LogP contribution in [0.25, 0.3) is 0 Å². The fraction of sp³-hybridized carbons (Fsp3) is 0.381. The van der Waals surface area contributed by atoms with E-state index in [-0.39, 0.29) is 18.6 Å². The molecule has 0 heterocycles. The van der Waals surface area contributed by atoms with Gasteiger partial charge in [0.15, 0.2) is 6.61 Å². The molecule has 5 nitrogen and oxygen atoms in total. The molecule has 0 aliphatic rings. The molecular weight excluding hydrogens is 326 g/mol. The average molecular weight is 355 g/mol. The number of nitrogens with zero attached hydrogens (tertiary/aromatic N) is 2. The molecule has 2 aromatic carbocycles. The molecule has 0 aromatic heterocycles. The third-order valence-electron chi connectivity index (χ3n) is 4.30. The van der Waals surface area contributed by atoms with E-state index in [1.54, 1.807) is 0 Å². The van der Waals surface area contributed by atoms with Crippen LogP contribution in [-0.4, -0.2) is 52.1 Å². The van der Waals surface area contributed by atoms with Crippen molar-refractivity contribution >= 4 is 11.6 Å². The van der Waals surface area contributed by atoms with Crippen molar-refractivity contribution in [3.8, 4) is 5.75 Å². The average Bonchev–Trinajstić information content (AvgIpc) is 2.61. The summed E-state index contributed by atoms with van der Waals surface area (Å²) in [6, 6.07) is 16.2. The fourth-order valence-electron chi connectivity index (χ4n) is 2.64. The van der Waals surface area contributed by atoms with Crippen LogP contribution >= 0.6 is 0 Å². The summed E-state index contributed by atoms with van der Waals surface area (Å²) >= 11 is 0. The molecule has 0 bridgehead atoms. The normalized spacial score (nSPS) is 11.9. The lowest BCUT2D eigenvalue weighted by atomic mass is 10.1. The molecule has 0 spiro atoms. The predicted molar refractivity (Wildman–Crippen MR) is 107 cm³/mol. The number of carbonyl (C=O) groups is 1. The van der Waals surface area contributed by atoms with E-state index in [9.17, 15) is 4.79 Å². The predicted octanol–water partition coefficient (Wildman–Crippen LogP) is 2.86. The van der Waals surface area contributed by atoms with Crippen LogP contribution in [-0.2, 0) is 4.79 Å². The molecule has 0 unspecified atom stereocenters. The second-order valence-electron chi connectivity index (χ2n) is 6.87. The molecule has 26 heavy (non-hydrogen) atoms. The van der Waals surface area contributed by atoms with Crippen molar-refractivity contribution in [2.45, 2.75) is 13.0 Å². The van der Waals surface area contributed by atoms with E-state index in [1.165, 1.54) is 5.56 Å².